The quantitative estimate of drug-likeness (QED) is 0.490. The zero-order chi connectivity index (χ0) is 19.2. The van der Waals surface area contributed by atoms with Crippen molar-refractivity contribution < 1.29 is 9.53 Å². The molecule has 1 amide bonds. The highest BCUT2D eigenvalue weighted by molar-refractivity contribution is 5.67. The fourth-order valence-electron chi connectivity index (χ4n) is 3.64. The fourth-order valence-corrected chi connectivity index (χ4v) is 3.64. The predicted octanol–water partition coefficient (Wildman–Crippen LogP) is 5.52. The predicted molar refractivity (Wildman–Crippen MR) is 112 cm³/mol. The van der Waals surface area contributed by atoms with E-state index in [1.165, 1.54) is 51.4 Å². The van der Waals surface area contributed by atoms with Gasteiger partial charge in [0.05, 0.1) is 0 Å². The summed E-state index contributed by atoms with van der Waals surface area (Å²) in [6.45, 7) is 5.32. The number of rotatable bonds is 12. The van der Waals surface area contributed by atoms with Crippen LogP contribution in [0.2, 0.25) is 0 Å². The van der Waals surface area contributed by atoms with E-state index < -0.39 is 0 Å². The monoisotopic (exact) mass is 374 g/mol. The lowest BCUT2D eigenvalue weighted by Crippen LogP contribution is -2.45. The number of ether oxygens (including phenoxy) is 1. The van der Waals surface area contributed by atoms with E-state index in [-0.39, 0.29) is 6.09 Å². The molecule has 0 unspecified atom stereocenters. The van der Waals surface area contributed by atoms with Crippen molar-refractivity contribution in [1.82, 2.24) is 10.2 Å². The molecule has 0 saturated carbocycles. The maximum atomic E-state index is 12.2. The summed E-state index contributed by atoms with van der Waals surface area (Å²) in [5, 5.41) is 3.67. The number of hydrogen-bond acceptors (Lipinski definition) is 3. The van der Waals surface area contributed by atoms with E-state index in [1.54, 1.807) is 0 Å². The number of amides is 1. The SMILES string of the molecule is CCCCCCCCCCNC1CCN(C(=O)OCc2ccccc2)CC1. The molecule has 1 N–H and O–H groups in total. The van der Waals surface area contributed by atoms with E-state index in [9.17, 15) is 4.79 Å². The molecule has 0 spiro atoms. The van der Waals surface area contributed by atoms with Crippen LogP contribution in [0.25, 0.3) is 0 Å². The first kappa shape index (κ1) is 21.7. The van der Waals surface area contributed by atoms with Gasteiger partial charge in [-0.3, -0.25) is 0 Å². The zero-order valence-corrected chi connectivity index (χ0v) is 17.1. The minimum Gasteiger partial charge on any atom is -0.445 e. The smallest absolute Gasteiger partial charge is 0.410 e. The lowest BCUT2D eigenvalue weighted by atomic mass is 10.0. The maximum Gasteiger partial charge on any atom is 0.410 e. The van der Waals surface area contributed by atoms with Crippen LogP contribution in [0.15, 0.2) is 30.3 Å². The van der Waals surface area contributed by atoms with Crippen LogP contribution in [0.5, 0.6) is 0 Å². The van der Waals surface area contributed by atoms with Gasteiger partial charge < -0.3 is 15.0 Å². The summed E-state index contributed by atoms with van der Waals surface area (Å²) in [7, 11) is 0. The summed E-state index contributed by atoms with van der Waals surface area (Å²) in [5.41, 5.74) is 1.03. The second kappa shape index (κ2) is 13.6. The summed E-state index contributed by atoms with van der Waals surface area (Å²) >= 11 is 0. The van der Waals surface area contributed by atoms with Crippen LogP contribution in [0.4, 0.5) is 4.79 Å². The van der Waals surface area contributed by atoms with Gasteiger partial charge in [-0.25, -0.2) is 4.79 Å². The van der Waals surface area contributed by atoms with Crippen LogP contribution in [-0.2, 0) is 11.3 Å². The first-order valence-electron chi connectivity index (χ1n) is 11.0. The van der Waals surface area contributed by atoms with Crippen LogP contribution in [0.3, 0.4) is 0 Å². The zero-order valence-electron chi connectivity index (χ0n) is 17.1. The Balaban J connectivity index is 1.47. The third-order valence-corrected chi connectivity index (χ3v) is 5.42. The molecule has 0 aliphatic carbocycles. The van der Waals surface area contributed by atoms with Crippen LogP contribution >= 0.6 is 0 Å². The Hall–Kier alpha value is -1.55. The molecule has 1 aromatic carbocycles. The molecule has 0 radical (unpaired) electrons. The van der Waals surface area contributed by atoms with Gasteiger partial charge in [-0.1, -0.05) is 82.2 Å². The van der Waals surface area contributed by atoms with Gasteiger partial charge in [-0.15, -0.1) is 0 Å². The lowest BCUT2D eigenvalue weighted by Gasteiger charge is -2.31. The molecule has 1 saturated heterocycles. The number of carbonyl (C=O) groups is 1. The van der Waals surface area contributed by atoms with Crippen molar-refractivity contribution in [2.24, 2.45) is 0 Å². The highest BCUT2D eigenvalue weighted by Crippen LogP contribution is 2.13. The molecule has 2 rings (SSSR count). The molecule has 0 atom stereocenters. The van der Waals surface area contributed by atoms with E-state index >= 15 is 0 Å². The van der Waals surface area contributed by atoms with E-state index in [0.29, 0.717) is 12.6 Å². The molecule has 0 bridgehead atoms. The number of nitrogens with one attached hydrogen (secondary N) is 1. The van der Waals surface area contributed by atoms with Gasteiger partial charge in [0, 0.05) is 19.1 Å². The second-order valence-electron chi connectivity index (χ2n) is 7.73. The van der Waals surface area contributed by atoms with E-state index in [2.05, 4.69) is 12.2 Å². The average Bonchev–Trinajstić information content (AvgIpc) is 2.72. The van der Waals surface area contributed by atoms with Crippen molar-refractivity contribution in [2.75, 3.05) is 19.6 Å². The number of benzene rings is 1. The van der Waals surface area contributed by atoms with Crippen LogP contribution in [0, 0.1) is 0 Å². The van der Waals surface area contributed by atoms with Crippen LogP contribution < -0.4 is 5.32 Å². The van der Waals surface area contributed by atoms with E-state index in [0.717, 1.165) is 38.0 Å². The van der Waals surface area contributed by atoms with Gasteiger partial charge in [-0.2, -0.15) is 0 Å². The molecule has 4 heteroatoms. The molecular formula is C23H38N2O2. The van der Waals surface area contributed by atoms with Crippen molar-refractivity contribution in [3.63, 3.8) is 0 Å². The minimum atomic E-state index is -0.180. The molecule has 1 aliphatic heterocycles. The molecule has 1 aliphatic rings. The molecule has 1 heterocycles. The first-order chi connectivity index (χ1) is 13.3. The number of nitrogens with zero attached hydrogens (tertiary/aromatic N) is 1. The third kappa shape index (κ3) is 9.28. The summed E-state index contributed by atoms with van der Waals surface area (Å²) < 4.78 is 5.43. The molecule has 4 nitrogen and oxygen atoms in total. The molecular weight excluding hydrogens is 336 g/mol. The van der Waals surface area contributed by atoms with Gasteiger partial charge in [0.15, 0.2) is 0 Å². The number of carbonyl (C=O) groups excluding carboxylic acids is 1. The van der Waals surface area contributed by atoms with Crippen molar-refractivity contribution in [3.05, 3.63) is 35.9 Å². The van der Waals surface area contributed by atoms with Gasteiger partial charge in [0.2, 0.25) is 0 Å². The Morgan fingerprint density at radius 3 is 2.30 bits per heavy atom. The maximum absolute atomic E-state index is 12.2. The number of piperidine rings is 1. The molecule has 1 fully saturated rings. The Morgan fingerprint density at radius 2 is 1.63 bits per heavy atom. The van der Waals surface area contributed by atoms with Crippen molar-refractivity contribution >= 4 is 6.09 Å². The largest absolute Gasteiger partial charge is 0.445 e. The first-order valence-corrected chi connectivity index (χ1v) is 11.0. The summed E-state index contributed by atoms with van der Waals surface area (Å²) in [4.78, 5) is 14.0. The number of likely N-dealkylation sites (tertiary alicyclic amines) is 1. The van der Waals surface area contributed by atoms with E-state index in [4.69, 9.17) is 4.74 Å². The highest BCUT2D eigenvalue weighted by Gasteiger charge is 2.23. The summed E-state index contributed by atoms with van der Waals surface area (Å²) in [5.74, 6) is 0. The van der Waals surface area contributed by atoms with Gasteiger partial charge in [0.25, 0.3) is 0 Å². The summed E-state index contributed by atoms with van der Waals surface area (Å²) in [6, 6.07) is 10.4. The van der Waals surface area contributed by atoms with Crippen LogP contribution in [-0.4, -0.2) is 36.7 Å². The fraction of sp³-hybridized carbons (Fsp3) is 0.696. The number of unbranched alkanes of at least 4 members (excludes halogenated alkanes) is 7. The molecule has 27 heavy (non-hydrogen) atoms. The normalized spacial score (nSPS) is 15.1. The second-order valence-corrected chi connectivity index (χ2v) is 7.73. The topological polar surface area (TPSA) is 41.6 Å². The summed E-state index contributed by atoms with van der Waals surface area (Å²) in [6.07, 6.45) is 12.8. The Kier molecular flexibility index (Phi) is 10.9. The van der Waals surface area contributed by atoms with Gasteiger partial charge in [0.1, 0.15) is 6.61 Å². The molecule has 1 aromatic rings. The molecule has 152 valence electrons. The van der Waals surface area contributed by atoms with Crippen molar-refractivity contribution in [3.8, 4) is 0 Å². The van der Waals surface area contributed by atoms with Crippen LogP contribution in [0.1, 0.15) is 76.7 Å². The third-order valence-electron chi connectivity index (χ3n) is 5.42. The Labute approximate surface area is 165 Å². The average molecular weight is 375 g/mol. The lowest BCUT2D eigenvalue weighted by molar-refractivity contribution is 0.0853. The van der Waals surface area contributed by atoms with E-state index in [1.807, 2.05) is 35.2 Å². The standard InChI is InChI=1S/C23H38N2O2/c1-2-3-4-5-6-7-8-12-17-24-22-15-18-25(19-16-22)23(26)27-20-21-13-10-9-11-14-21/h9-11,13-14,22,24H,2-8,12,15-20H2,1H3. The minimum absolute atomic E-state index is 0.180. The van der Waals surface area contributed by atoms with Crippen molar-refractivity contribution in [1.29, 1.82) is 0 Å². The van der Waals surface area contributed by atoms with Gasteiger partial charge >= 0.3 is 6.09 Å². The van der Waals surface area contributed by atoms with Gasteiger partial charge in [-0.05, 0) is 31.4 Å². The Morgan fingerprint density at radius 1 is 1.00 bits per heavy atom. The number of hydrogen-bond donors (Lipinski definition) is 1. The Bertz CT molecular complexity index is 498. The highest BCUT2D eigenvalue weighted by atomic mass is 16.6. The van der Waals surface area contributed by atoms with Crippen molar-refractivity contribution in [2.45, 2.75) is 83.8 Å². The molecule has 0 aromatic heterocycles.